The Morgan fingerprint density at radius 2 is 2.00 bits per heavy atom. The van der Waals surface area contributed by atoms with E-state index in [9.17, 15) is 8.42 Å². The van der Waals surface area contributed by atoms with Gasteiger partial charge in [0, 0.05) is 12.3 Å². The summed E-state index contributed by atoms with van der Waals surface area (Å²) in [4.78, 5) is 0. The fourth-order valence-electron chi connectivity index (χ4n) is 1.28. The van der Waals surface area contributed by atoms with Crippen LogP contribution in [0.2, 0.25) is 0 Å². The molecule has 0 unspecified atom stereocenters. The van der Waals surface area contributed by atoms with Gasteiger partial charge in [0.05, 0.1) is 18.6 Å². The van der Waals surface area contributed by atoms with Crippen molar-refractivity contribution in [3.8, 4) is 5.75 Å². The maximum Gasteiger partial charge on any atom is 0.151 e. The van der Waals surface area contributed by atoms with E-state index in [2.05, 4.69) is 5.32 Å². The maximum absolute atomic E-state index is 11.3. The molecule has 16 heavy (non-hydrogen) atoms. The van der Waals surface area contributed by atoms with Gasteiger partial charge < -0.3 is 10.1 Å². The molecule has 5 heteroatoms. The van der Waals surface area contributed by atoms with E-state index in [1.54, 1.807) is 14.0 Å². The number of anilines is 1. The van der Waals surface area contributed by atoms with Crippen molar-refractivity contribution in [3.63, 3.8) is 0 Å². The predicted octanol–water partition coefficient (Wildman–Crippen LogP) is 1.54. The van der Waals surface area contributed by atoms with Gasteiger partial charge in [0.15, 0.2) is 9.84 Å². The summed E-state index contributed by atoms with van der Waals surface area (Å²) in [6.45, 7) is 2.05. The number of para-hydroxylation sites is 2. The Morgan fingerprint density at radius 1 is 1.31 bits per heavy atom. The number of nitrogens with one attached hydrogen (secondary N) is 1. The minimum atomic E-state index is -2.91. The number of ether oxygens (including phenoxy) is 1. The fourth-order valence-corrected chi connectivity index (χ4v) is 1.98. The first kappa shape index (κ1) is 12.8. The maximum atomic E-state index is 11.3. The zero-order valence-corrected chi connectivity index (χ0v) is 10.4. The molecule has 0 aromatic heterocycles. The quantitative estimate of drug-likeness (QED) is 0.823. The second kappa shape index (κ2) is 5.75. The molecule has 1 aromatic carbocycles. The monoisotopic (exact) mass is 243 g/mol. The molecule has 90 valence electrons. The molecule has 1 rings (SSSR count). The minimum Gasteiger partial charge on any atom is -0.495 e. The van der Waals surface area contributed by atoms with Crippen molar-refractivity contribution in [2.75, 3.05) is 30.5 Å². The highest BCUT2D eigenvalue weighted by atomic mass is 32.2. The van der Waals surface area contributed by atoms with Gasteiger partial charge in [0.2, 0.25) is 0 Å². The van der Waals surface area contributed by atoms with E-state index in [0.29, 0.717) is 6.54 Å². The summed E-state index contributed by atoms with van der Waals surface area (Å²) in [5.41, 5.74) is 0.816. The van der Waals surface area contributed by atoms with Gasteiger partial charge in [-0.15, -0.1) is 0 Å². The van der Waals surface area contributed by atoms with Crippen LogP contribution in [0.1, 0.15) is 6.92 Å². The SMILES string of the molecule is CCS(=O)(=O)CCNc1ccccc1OC. The average Bonchev–Trinajstić information content (AvgIpc) is 2.29. The molecule has 0 heterocycles. The number of benzene rings is 1. The van der Waals surface area contributed by atoms with Gasteiger partial charge >= 0.3 is 0 Å². The van der Waals surface area contributed by atoms with E-state index in [1.807, 2.05) is 24.3 Å². The first-order valence-corrected chi connectivity index (χ1v) is 6.98. The van der Waals surface area contributed by atoms with Crippen molar-refractivity contribution >= 4 is 15.5 Å². The molecule has 0 radical (unpaired) electrons. The molecular weight excluding hydrogens is 226 g/mol. The van der Waals surface area contributed by atoms with Crippen LogP contribution in [0.5, 0.6) is 5.75 Å². The fraction of sp³-hybridized carbons (Fsp3) is 0.455. The summed E-state index contributed by atoms with van der Waals surface area (Å²) in [6, 6.07) is 7.43. The first-order chi connectivity index (χ1) is 7.59. The molecule has 0 aliphatic rings. The Labute approximate surface area is 96.5 Å². The summed E-state index contributed by atoms with van der Waals surface area (Å²) >= 11 is 0. The smallest absolute Gasteiger partial charge is 0.151 e. The molecule has 0 amide bonds. The number of methoxy groups -OCH3 is 1. The van der Waals surface area contributed by atoms with Gasteiger partial charge in [-0.05, 0) is 12.1 Å². The number of hydrogen-bond acceptors (Lipinski definition) is 4. The van der Waals surface area contributed by atoms with Crippen molar-refractivity contribution in [1.29, 1.82) is 0 Å². The lowest BCUT2D eigenvalue weighted by atomic mass is 10.3. The molecule has 1 N–H and O–H groups in total. The van der Waals surface area contributed by atoms with Crippen LogP contribution in [0, 0.1) is 0 Å². The van der Waals surface area contributed by atoms with Crippen LogP contribution in [0.25, 0.3) is 0 Å². The van der Waals surface area contributed by atoms with E-state index in [0.717, 1.165) is 11.4 Å². The Balaban J connectivity index is 2.55. The molecule has 0 aliphatic carbocycles. The second-order valence-corrected chi connectivity index (χ2v) is 5.84. The van der Waals surface area contributed by atoms with Gasteiger partial charge in [-0.1, -0.05) is 19.1 Å². The second-order valence-electron chi connectivity index (χ2n) is 3.36. The summed E-state index contributed by atoms with van der Waals surface area (Å²) in [5, 5.41) is 3.05. The normalized spacial score (nSPS) is 11.1. The van der Waals surface area contributed by atoms with Gasteiger partial charge in [0.1, 0.15) is 5.75 Å². The number of sulfone groups is 1. The zero-order valence-electron chi connectivity index (χ0n) is 9.56. The highest BCUT2D eigenvalue weighted by molar-refractivity contribution is 7.91. The van der Waals surface area contributed by atoms with Gasteiger partial charge in [0.25, 0.3) is 0 Å². The molecule has 0 fully saturated rings. The molecule has 0 spiro atoms. The van der Waals surface area contributed by atoms with E-state index < -0.39 is 9.84 Å². The van der Waals surface area contributed by atoms with E-state index in [-0.39, 0.29) is 11.5 Å². The Morgan fingerprint density at radius 3 is 2.62 bits per heavy atom. The van der Waals surface area contributed by atoms with Crippen molar-refractivity contribution in [2.45, 2.75) is 6.92 Å². The van der Waals surface area contributed by atoms with E-state index in [1.165, 1.54) is 0 Å². The minimum absolute atomic E-state index is 0.140. The largest absolute Gasteiger partial charge is 0.495 e. The lowest BCUT2D eigenvalue weighted by Crippen LogP contribution is -2.17. The predicted molar refractivity (Wildman–Crippen MR) is 65.8 cm³/mol. The van der Waals surface area contributed by atoms with Crippen LogP contribution in [0.3, 0.4) is 0 Å². The topological polar surface area (TPSA) is 55.4 Å². The third kappa shape index (κ3) is 3.73. The van der Waals surface area contributed by atoms with Gasteiger partial charge in [-0.25, -0.2) is 8.42 Å². The molecular formula is C11H17NO3S. The van der Waals surface area contributed by atoms with Crippen molar-refractivity contribution in [1.82, 2.24) is 0 Å². The Hall–Kier alpha value is -1.23. The third-order valence-corrected chi connectivity index (χ3v) is 3.98. The number of rotatable bonds is 6. The highest BCUT2D eigenvalue weighted by Crippen LogP contribution is 2.22. The standard InChI is InChI=1S/C11H17NO3S/c1-3-16(13,14)9-8-12-10-6-4-5-7-11(10)15-2/h4-7,12H,3,8-9H2,1-2H3. The molecule has 0 saturated heterocycles. The Kier molecular flexibility index (Phi) is 4.61. The van der Waals surface area contributed by atoms with Crippen molar-refractivity contribution < 1.29 is 13.2 Å². The van der Waals surface area contributed by atoms with Crippen molar-refractivity contribution in [3.05, 3.63) is 24.3 Å². The third-order valence-electron chi connectivity index (χ3n) is 2.28. The van der Waals surface area contributed by atoms with Crippen LogP contribution < -0.4 is 10.1 Å². The lowest BCUT2D eigenvalue weighted by Gasteiger charge is -2.10. The van der Waals surface area contributed by atoms with E-state index in [4.69, 9.17) is 4.74 Å². The summed E-state index contributed by atoms with van der Waals surface area (Å²) in [6.07, 6.45) is 0. The molecule has 0 aliphatic heterocycles. The van der Waals surface area contributed by atoms with Crippen molar-refractivity contribution in [2.24, 2.45) is 0 Å². The number of hydrogen-bond donors (Lipinski definition) is 1. The molecule has 0 bridgehead atoms. The summed E-state index contributed by atoms with van der Waals surface area (Å²) in [5.74, 6) is 1.04. The average molecular weight is 243 g/mol. The van der Waals surface area contributed by atoms with Crippen LogP contribution in [-0.2, 0) is 9.84 Å². The molecule has 4 nitrogen and oxygen atoms in total. The van der Waals surface area contributed by atoms with E-state index >= 15 is 0 Å². The summed E-state index contributed by atoms with van der Waals surface area (Å²) < 4.78 is 27.7. The van der Waals surface area contributed by atoms with Crippen LogP contribution in [0.15, 0.2) is 24.3 Å². The van der Waals surface area contributed by atoms with Crippen LogP contribution in [-0.4, -0.2) is 33.6 Å². The van der Waals surface area contributed by atoms with Crippen LogP contribution in [0.4, 0.5) is 5.69 Å². The molecule has 0 atom stereocenters. The lowest BCUT2D eigenvalue weighted by molar-refractivity contribution is 0.416. The van der Waals surface area contributed by atoms with Gasteiger partial charge in [-0.2, -0.15) is 0 Å². The van der Waals surface area contributed by atoms with Crippen LogP contribution >= 0.6 is 0 Å². The highest BCUT2D eigenvalue weighted by Gasteiger charge is 2.07. The molecule has 0 saturated carbocycles. The van der Waals surface area contributed by atoms with Gasteiger partial charge in [-0.3, -0.25) is 0 Å². The first-order valence-electron chi connectivity index (χ1n) is 5.16. The summed E-state index contributed by atoms with van der Waals surface area (Å²) in [7, 11) is -1.33. The Bertz CT molecular complexity index is 429. The molecule has 1 aromatic rings. The zero-order chi connectivity index (χ0) is 12.0.